The van der Waals surface area contributed by atoms with Crippen LogP contribution in [-0.2, 0) is 33.2 Å². The number of aliphatic hydroxyl groups excluding tert-OH is 11. The molecule has 0 aromatic rings. The summed E-state index contributed by atoms with van der Waals surface area (Å²) < 4.78 is 32.5. The normalized spacial score (nSPS) is 45.4. The zero-order chi connectivity index (χ0) is 33.1. The number of hydrogen-bond donors (Lipinski definition) is 13. The van der Waals surface area contributed by atoms with Gasteiger partial charge in [0.25, 0.3) is 5.79 Å². The van der Waals surface area contributed by atoms with Crippen LogP contribution in [0, 0.1) is 0 Å². The number of aliphatic carboxylic acids is 1. The lowest BCUT2D eigenvalue weighted by Gasteiger charge is -2.50. The standard InChI is InChI=1S/C24H43NO19/c1-2-7(28)16-12(33)11(32)13(34)21(40-16)43-20-14(35)17(9(30)4-26)41-22(15(20)36)42-18-8(29)3-24(23(37)38,39-6-25)44-19(18)10(31)5-27/h7-22,26-36H,2-6,25H2,1H3,(H,37,38)/t7-,8+,9-,10+,11?,12-,13?,14+,15?,16-,17?,18+,19?,20-,21+,22+,24+/m0/s1. The van der Waals surface area contributed by atoms with Crippen molar-refractivity contribution < 1.29 is 94.5 Å². The van der Waals surface area contributed by atoms with E-state index in [4.69, 9.17) is 34.2 Å². The molecule has 258 valence electrons. The Labute approximate surface area is 250 Å². The van der Waals surface area contributed by atoms with E-state index in [9.17, 15) is 66.1 Å². The molecule has 0 spiro atoms. The van der Waals surface area contributed by atoms with Crippen LogP contribution in [0.1, 0.15) is 19.8 Å². The molecule has 0 bridgehead atoms. The molecule has 0 radical (unpaired) electrons. The number of carbonyl (C=O) groups is 1. The number of hydrogen-bond acceptors (Lipinski definition) is 19. The number of carboxylic acid groups (broad SMARTS) is 1. The van der Waals surface area contributed by atoms with Gasteiger partial charge in [0.1, 0.15) is 73.2 Å². The minimum atomic E-state index is -2.59. The van der Waals surface area contributed by atoms with E-state index in [-0.39, 0.29) is 6.42 Å². The molecule has 0 amide bonds. The summed E-state index contributed by atoms with van der Waals surface area (Å²) in [6, 6.07) is 0. The minimum absolute atomic E-state index is 0.0482. The molecule has 0 aliphatic carbocycles. The molecule has 44 heavy (non-hydrogen) atoms. The molecule has 3 aliphatic rings. The van der Waals surface area contributed by atoms with Gasteiger partial charge in [0.2, 0.25) is 0 Å². The summed E-state index contributed by atoms with van der Waals surface area (Å²) in [6.07, 6.45) is -30.3. The molecule has 3 saturated heterocycles. The lowest BCUT2D eigenvalue weighted by molar-refractivity contribution is -0.388. The van der Waals surface area contributed by atoms with Crippen molar-refractivity contribution in [1.82, 2.24) is 0 Å². The van der Waals surface area contributed by atoms with Gasteiger partial charge in [-0.05, 0) is 6.42 Å². The molecule has 0 aromatic heterocycles. The van der Waals surface area contributed by atoms with Crippen LogP contribution in [0.3, 0.4) is 0 Å². The summed E-state index contributed by atoms with van der Waals surface area (Å²) in [5.41, 5.74) is 5.31. The van der Waals surface area contributed by atoms with E-state index in [0.29, 0.717) is 0 Å². The van der Waals surface area contributed by atoms with Crippen LogP contribution in [0.4, 0.5) is 0 Å². The molecular formula is C24H43NO19. The maximum atomic E-state index is 11.9. The Morgan fingerprint density at radius 2 is 1.32 bits per heavy atom. The highest BCUT2D eigenvalue weighted by Crippen LogP contribution is 2.37. The second kappa shape index (κ2) is 15.6. The Morgan fingerprint density at radius 3 is 1.84 bits per heavy atom. The second-order valence-electron chi connectivity index (χ2n) is 10.8. The van der Waals surface area contributed by atoms with Crippen molar-refractivity contribution >= 4 is 5.97 Å². The molecule has 3 fully saturated rings. The predicted molar refractivity (Wildman–Crippen MR) is 136 cm³/mol. The first-order valence-electron chi connectivity index (χ1n) is 13.9. The Bertz CT molecular complexity index is 919. The van der Waals surface area contributed by atoms with E-state index in [1.165, 1.54) is 6.92 Å². The predicted octanol–water partition coefficient (Wildman–Crippen LogP) is -7.65. The largest absolute Gasteiger partial charge is 0.477 e. The monoisotopic (exact) mass is 649 g/mol. The molecule has 3 rings (SSSR count). The lowest BCUT2D eigenvalue weighted by atomic mass is 9.91. The topological polar surface area (TPSA) is 341 Å². The fourth-order valence-corrected chi connectivity index (χ4v) is 5.34. The van der Waals surface area contributed by atoms with E-state index in [2.05, 4.69) is 0 Å². The van der Waals surface area contributed by atoms with Gasteiger partial charge in [0, 0.05) is 6.42 Å². The Balaban J connectivity index is 1.92. The van der Waals surface area contributed by atoms with Crippen molar-refractivity contribution in [2.75, 3.05) is 19.9 Å². The van der Waals surface area contributed by atoms with Crippen molar-refractivity contribution in [1.29, 1.82) is 0 Å². The number of carboxylic acids is 1. The van der Waals surface area contributed by atoms with E-state index >= 15 is 0 Å². The molecule has 0 aromatic carbocycles. The maximum Gasteiger partial charge on any atom is 0.364 e. The molecule has 0 saturated carbocycles. The van der Waals surface area contributed by atoms with Crippen LogP contribution < -0.4 is 5.73 Å². The van der Waals surface area contributed by atoms with Crippen LogP contribution in [0.25, 0.3) is 0 Å². The summed E-state index contributed by atoms with van der Waals surface area (Å²) in [6.45, 7) is -1.18. The highest BCUT2D eigenvalue weighted by molar-refractivity contribution is 5.76. The van der Waals surface area contributed by atoms with Crippen LogP contribution in [0.5, 0.6) is 0 Å². The summed E-state index contributed by atoms with van der Waals surface area (Å²) in [5.74, 6) is -4.32. The third kappa shape index (κ3) is 7.48. The first-order valence-corrected chi connectivity index (χ1v) is 13.9. The van der Waals surface area contributed by atoms with Crippen LogP contribution in [0.2, 0.25) is 0 Å². The van der Waals surface area contributed by atoms with Gasteiger partial charge in [0.05, 0.1) is 32.2 Å². The van der Waals surface area contributed by atoms with E-state index in [1.807, 2.05) is 0 Å². The SMILES string of the molecule is CC[C@H](O)[C@@H]1O[C@H](O[C@@H]2C(O)[C@@H](O[C@H]3C([C@H](O)CO)O[C@@](OCN)(C(=O)O)C[C@H]3O)OC([C@@H](O)CO)[C@H]2O)C(O)C(O)[C@@H]1O. The molecule has 14 N–H and O–H groups in total. The van der Waals surface area contributed by atoms with Gasteiger partial charge in [-0.2, -0.15) is 0 Å². The van der Waals surface area contributed by atoms with Gasteiger partial charge in [-0.1, -0.05) is 6.92 Å². The van der Waals surface area contributed by atoms with Crippen LogP contribution >= 0.6 is 0 Å². The van der Waals surface area contributed by atoms with E-state index < -0.39 is 136 Å². The van der Waals surface area contributed by atoms with E-state index in [1.54, 1.807) is 0 Å². The Hall–Kier alpha value is -1.25. The van der Waals surface area contributed by atoms with Gasteiger partial charge in [-0.3, -0.25) is 0 Å². The van der Waals surface area contributed by atoms with Crippen molar-refractivity contribution in [3.63, 3.8) is 0 Å². The molecule has 20 nitrogen and oxygen atoms in total. The molecule has 3 heterocycles. The summed E-state index contributed by atoms with van der Waals surface area (Å²) in [7, 11) is 0. The quantitative estimate of drug-likeness (QED) is 0.0824. The van der Waals surface area contributed by atoms with Gasteiger partial charge in [0.15, 0.2) is 12.6 Å². The maximum absolute atomic E-state index is 11.9. The highest BCUT2D eigenvalue weighted by Gasteiger charge is 2.58. The van der Waals surface area contributed by atoms with Crippen LogP contribution in [0.15, 0.2) is 0 Å². The molecule has 3 aliphatic heterocycles. The zero-order valence-corrected chi connectivity index (χ0v) is 23.6. The fraction of sp³-hybridized carbons (Fsp3) is 0.958. The fourth-order valence-electron chi connectivity index (χ4n) is 5.34. The minimum Gasteiger partial charge on any atom is -0.477 e. The average molecular weight is 650 g/mol. The third-order valence-corrected chi connectivity index (χ3v) is 7.85. The summed E-state index contributed by atoms with van der Waals surface area (Å²) in [5, 5.41) is 124. The van der Waals surface area contributed by atoms with Gasteiger partial charge < -0.3 is 95.4 Å². The Morgan fingerprint density at radius 1 is 0.795 bits per heavy atom. The second-order valence-corrected chi connectivity index (χ2v) is 10.8. The van der Waals surface area contributed by atoms with Crippen LogP contribution in [-0.4, -0.2) is 191 Å². The number of ether oxygens (including phenoxy) is 6. The first-order chi connectivity index (χ1) is 20.7. The van der Waals surface area contributed by atoms with Crippen molar-refractivity contribution in [2.24, 2.45) is 5.73 Å². The average Bonchev–Trinajstić information content (AvgIpc) is 3.00. The number of rotatable bonds is 13. The highest BCUT2D eigenvalue weighted by atomic mass is 16.8. The smallest absolute Gasteiger partial charge is 0.364 e. The van der Waals surface area contributed by atoms with Gasteiger partial charge in [-0.15, -0.1) is 0 Å². The zero-order valence-electron chi connectivity index (χ0n) is 23.6. The first kappa shape index (κ1) is 37.2. The molecule has 17 atom stereocenters. The summed E-state index contributed by atoms with van der Waals surface area (Å²) in [4.78, 5) is 11.9. The lowest BCUT2D eigenvalue weighted by Crippen LogP contribution is -2.68. The van der Waals surface area contributed by atoms with E-state index in [0.717, 1.165) is 0 Å². The number of nitrogens with two attached hydrogens (primary N) is 1. The Kier molecular flexibility index (Phi) is 13.2. The van der Waals surface area contributed by atoms with Gasteiger partial charge in [-0.25, -0.2) is 4.79 Å². The molecule has 5 unspecified atom stereocenters. The number of aliphatic hydroxyl groups is 11. The molecular weight excluding hydrogens is 606 g/mol. The third-order valence-electron chi connectivity index (χ3n) is 7.85. The molecule has 20 heteroatoms. The van der Waals surface area contributed by atoms with Gasteiger partial charge >= 0.3 is 5.97 Å². The van der Waals surface area contributed by atoms with Crippen molar-refractivity contribution in [3.05, 3.63) is 0 Å². The summed E-state index contributed by atoms with van der Waals surface area (Å²) >= 11 is 0. The van der Waals surface area contributed by atoms with Crippen molar-refractivity contribution in [2.45, 2.75) is 124 Å². The van der Waals surface area contributed by atoms with Crippen molar-refractivity contribution in [3.8, 4) is 0 Å².